The van der Waals surface area contributed by atoms with Gasteiger partial charge in [0.15, 0.2) is 0 Å². The first-order chi connectivity index (χ1) is 25.3. The molecule has 3 nitrogen and oxygen atoms in total. The highest BCUT2D eigenvalue weighted by molar-refractivity contribution is 6.09. The fourth-order valence-corrected chi connectivity index (χ4v) is 7.23. The first kappa shape index (κ1) is 30.2. The first-order valence-electron chi connectivity index (χ1n) is 17.4. The molecule has 0 bridgehead atoms. The van der Waals surface area contributed by atoms with Gasteiger partial charge in [-0.05, 0) is 102 Å². The molecule has 3 heteroatoms. The van der Waals surface area contributed by atoms with Gasteiger partial charge in [-0.2, -0.15) is 0 Å². The van der Waals surface area contributed by atoms with Crippen molar-refractivity contribution in [2.24, 2.45) is 0 Å². The van der Waals surface area contributed by atoms with Crippen LogP contribution in [-0.4, -0.2) is 4.57 Å². The van der Waals surface area contributed by atoms with Gasteiger partial charge in [-0.3, -0.25) is 0 Å². The molecule has 51 heavy (non-hydrogen) atoms. The molecule has 0 fully saturated rings. The van der Waals surface area contributed by atoms with E-state index in [0.29, 0.717) is 0 Å². The van der Waals surface area contributed by atoms with Gasteiger partial charge in [0.1, 0.15) is 0 Å². The maximum atomic E-state index is 2.37. The van der Waals surface area contributed by atoms with Crippen LogP contribution in [0.2, 0.25) is 0 Å². The molecule has 242 valence electrons. The zero-order valence-corrected chi connectivity index (χ0v) is 28.0. The van der Waals surface area contributed by atoms with Crippen LogP contribution in [0, 0.1) is 0 Å². The number of para-hydroxylation sites is 6. The lowest BCUT2D eigenvalue weighted by atomic mass is 10.0. The van der Waals surface area contributed by atoms with Gasteiger partial charge >= 0.3 is 0 Å². The molecule has 0 aliphatic rings. The van der Waals surface area contributed by atoms with Crippen LogP contribution in [0.3, 0.4) is 0 Å². The van der Waals surface area contributed by atoms with Crippen LogP contribution in [0.4, 0.5) is 34.1 Å². The molecular weight excluding hydrogens is 619 g/mol. The smallest absolute Gasteiger partial charge is 0.0541 e. The van der Waals surface area contributed by atoms with Gasteiger partial charge in [-0.15, -0.1) is 0 Å². The standard InChI is InChI=1S/C48H35N3/c1-5-17-38(18-6-1)49(39-19-7-2-8-20-39)43-33-37(34-44(35-43)50(40-21-9-3-10-22-40)41-23-11-4-12-24-41)36-29-31-42(32-30-36)51-47-27-15-13-25-45(47)46-26-14-16-28-48(46)51/h1-35H. The summed E-state index contributed by atoms with van der Waals surface area (Å²) < 4.78 is 2.37. The van der Waals surface area contributed by atoms with Crippen molar-refractivity contribution in [1.82, 2.24) is 4.57 Å². The number of fused-ring (bicyclic) bond motifs is 3. The zero-order chi connectivity index (χ0) is 34.0. The maximum Gasteiger partial charge on any atom is 0.0541 e. The third-order valence-corrected chi connectivity index (χ3v) is 9.52. The topological polar surface area (TPSA) is 11.4 Å². The van der Waals surface area contributed by atoms with E-state index >= 15 is 0 Å². The molecule has 0 aliphatic heterocycles. The molecule has 0 saturated carbocycles. The van der Waals surface area contributed by atoms with Crippen LogP contribution in [0.1, 0.15) is 0 Å². The SMILES string of the molecule is c1ccc(N(c2ccccc2)c2cc(-c3ccc(-n4c5ccccc5c5ccccc54)cc3)cc(N(c3ccccc3)c3ccccc3)c2)cc1. The molecule has 0 amide bonds. The van der Waals surface area contributed by atoms with Gasteiger partial charge in [0.25, 0.3) is 0 Å². The molecule has 9 aromatic rings. The van der Waals surface area contributed by atoms with E-state index in [-0.39, 0.29) is 0 Å². The Morgan fingerprint density at radius 2 is 0.627 bits per heavy atom. The van der Waals surface area contributed by atoms with Crippen molar-refractivity contribution in [2.45, 2.75) is 0 Å². The lowest BCUT2D eigenvalue weighted by Gasteiger charge is -2.30. The number of aromatic nitrogens is 1. The zero-order valence-electron chi connectivity index (χ0n) is 28.0. The molecule has 8 aromatic carbocycles. The van der Waals surface area contributed by atoms with E-state index in [1.165, 1.54) is 21.8 Å². The summed E-state index contributed by atoms with van der Waals surface area (Å²) in [5, 5.41) is 2.52. The summed E-state index contributed by atoms with van der Waals surface area (Å²) in [6.45, 7) is 0. The second kappa shape index (κ2) is 13.2. The quantitative estimate of drug-likeness (QED) is 0.162. The summed E-state index contributed by atoms with van der Waals surface area (Å²) in [7, 11) is 0. The van der Waals surface area contributed by atoms with E-state index < -0.39 is 0 Å². The predicted octanol–water partition coefficient (Wildman–Crippen LogP) is 13.4. The predicted molar refractivity (Wildman–Crippen MR) is 216 cm³/mol. The summed E-state index contributed by atoms with van der Waals surface area (Å²) in [6, 6.07) is 75.7. The Morgan fingerprint density at radius 3 is 1.02 bits per heavy atom. The molecule has 9 rings (SSSR count). The van der Waals surface area contributed by atoms with Gasteiger partial charge in [-0.25, -0.2) is 0 Å². The Bertz CT molecular complexity index is 2330. The highest BCUT2D eigenvalue weighted by Crippen LogP contribution is 2.43. The molecule has 1 heterocycles. The highest BCUT2D eigenvalue weighted by Gasteiger charge is 2.19. The molecule has 0 N–H and O–H groups in total. The third-order valence-electron chi connectivity index (χ3n) is 9.52. The summed E-state index contributed by atoms with van der Waals surface area (Å²) >= 11 is 0. The maximum absolute atomic E-state index is 2.37. The van der Waals surface area contributed by atoms with Crippen LogP contribution in [0.15, 0.2) is 212 Å². The van der Waals surface area contributed by atoms with Crippen molar-refractivity contribution in [3.8, 4) is 16.8 Å². The van der Waals surface area contributed by atoms with Crippen molar-refractivity contribution >= 4 is 55.9 Å². The molecule has 1 aromatic heterocycles. The number of anilines is 6. The van der Waals surface area contributed by atoms with Crippen LogP contribution in [0.25, 0.3) is 38.6 Å². The number of hydrogen-bond acceptors (Lipinski definition) is 2. The number of benzene rings is 8. The Morgan fingerprint density at radius 1 is 0.275 bits per heavy atom. The molecule has 0 atom stereocenters. The first-order valence-corrected chi connectivity index (χ1v) is 17.4. The minimum absolute atomic E-state index is 1.07. The van der Waals surface area contributed by atoms with Crippen LogP contribution in [-0.2, 0) is 0 Å². The van der Waals surface area contributed by atoms with Crippen LogP contribution >= 0.6 is 0 Å². The summed E-state index contributed by atoms with van der Waals surface area (Å²) in [5.41, 5.74) is 12.4. The van der Waals surface area contributed by atoms with Gasteiger partial charge in [0.2, 0.25) is 0 Å². The van der Waals surface area contributed by atoms with Crippen LogP contribution in [0.5, 0.6) is 0 Å². The van der Waals surface area contributed by atoms with Crippen molar-refractivity contribution in [3.63, 3.8) is 0 Å². The Balaban J connectivity index is 1.24. The fraction of sp³-hybridized carbons (Fsp3) is 0. The lowest BCUT2D eigenvalue weighted by molar-refractivity contribution is 1.18. The second-order valence-electron chi connectivity index (χ2n) is 12.7. The monoisotopic (exact) mass is 653 g/mol. The van der Waals surface area contributed by atoms with E-state index in [4.69, 9.17) is 0 Å². The Hall–Kier alpha value is -6.84. The molecule has 0 saturated heterocycles. The number of nitrogens with zero attached hydrogens (tertiary/aromatic N) is 3. The molecular formula is C48H35N3. The lowest BCUT2D eigenvalue weighted by Crippen LogP contribution is -2.13. The summed E-state index contributed by atoms with van der Waals surface area (Å²) in [6.07, 6.45) is 0. The van der Waals surface area contributed by atoms with E-state index in [1.807, 2.05) is 0 Å². The van der Waals surface area contributed by atoms with E-state index in [2.05, 4.69) is 227 Å². The van der Waals surface area contributed by atoms with Gasteiger partial charge in [0, 0.05) is 50.6 Å². The molecule has 0 unspecified atom stereocenters. The van der Waals surface area contributed by atoms with Gasteiger partial charge < -0.3 is 14.4 Å². The van der Waals surface area contributed by atoms with Gasteiger partial charge in [-0.1, -0.05) is 121 Å². The second-order valence-corrected chi connectivity index (χ2v) is 12.7. The number of hydrogen-bond donors (Lipinski definition) is 0. The van der Waals surface area contributed by atoms with E-state index in [9.17, 15) is 0 Å². The largest absolute Gasteiger partial charge is 0.310 e. The van der Waals surface area contributed by atoms with E-state index in [0.717, 1.165) is 50.9 Å². The van der Waals surface area contributed by atoms with Crippen molar-refractivity contribution in [3.05, 3.63) is 212 Å². The number of rotatable bonds is 8. The average molecular weight is 654 g/mol. The molecule has 0 aliphatic carbocycles. The fourth-order valence-electron chi connectivity index (χ4n) is 7.23. The van der Waals surface area contributed by atoms with Crippen molar-refractivity contribution < 1.29 is 0 Å². The molecule has 0 radical (unpaired) electrons. The Kier molecular flexibility index (Phi) is 7.84. The van der Waals surface area contributed by atoms with Crippen molar-refractivity contribution in [1.29, 1.82) is 0 Å². The minimum atomic E-state index is 1.07. The third kappa shape index (κ3) is 5.71. The Labute approximate surface area is 298 Å². The average Bonchev–Trinajstić information content (AvgIpc) is 3.54. The van der Waals surface area contributed by atoms with Crippen molar-refractivity contribution in [2.75, 3.05) is 9.80 Å². The van der Waals surface area contributed by atoms with E-state index in [1.54, 1.807) is 0 Å². The molecule has 0 spiro atoms. The highest BCUT2D eigenvalue weighted by atomic mass is 15.2. The van der Waals surface area contributed by atoms with Crippen LogP contribution < -0.4 is 9.80 Å². The summed E-state index contributed by atoms with van der Waals surface area (Å²) in [4.78, 5) is 4.68. The minimum Gasteiger partial charge on any atom is -0.310 e. The van der Waals surface area contributed by atoms with Gasteiger partial charge in [0.05, 0.1) is 11.0 Å². The normalized spacial score (nSPS) is 11.1. The summed E-state index contributed by atoms with van der Waals surface area (Å²) in [5.74, 6) is 0.